The average Bonchev–Trinajstić information content (AvgIpc) is 2.60. The van der Waals surface area contributed by atoms with Crippen LogP contribution >= 0.6 is 0 Å². The number of ether oxygens (including phenoxy) is 2. The largest absolute Gasteiger partial charge is 0.497 e. The summed E-state index contributed by atoms with van der Waals surface area (Å²) < 4.78 is 10.9. The molecule has 3 rings (SSSR count). The van der Waals surface area contributed by atoms with Crippen molar-refractivity contribution in [2.24, 2.45) is 0 Å². The predicted molar refractivity (Wildman–Crippen MR) is 90.3 cm³/mol. The zero-order valence-electron chi connectivity index (χ0n) is 13.5. The molecule has 4 heteroatoms. The first-order valence-electron chi connectivity index (χ1n) is 7.84. The molecule has 2 aromatic carbocycles. The molecule has 4 nitrogen and oxygen atoms in total. The number of hydrogen-bond donors (Lipinski definition) is 0. The molecule has 0 saturated heterocycles. The number of fused-ring (bicyclic) bond motifs is 1. The third kappa shape index (κ3) is 3.47. The Hall–Kier alpha value is -2.49. The molecule has 2 aromatic rings. The van der Waals surface area contributed by atoms with Crippen molar-refractivity contribution >= 4 is 11.6 Å². The van der Waals surface area contributed by atoms with Gasteiger partial charge in [0.05, 0.1) is 7.11 Å². The summed E-state index contributed by atoms with van der Waals surface area (Å²) >= 11 is 0. The fourth-order valence-electron chi connectivity index (χ4n) is 2.82. The van der Waals surface area contributed by atoms with E-state index in [9.17, 15) is 4.79 Å². The van der Waals surface area contributed by atoms with Gasteiger partial charge in [0.15, 0.2) is 6.61 Å². The van der Waals surface area contributed by atoms with Gasteiger partial charge in [0, 0.05) is 12.2 Å². The number of hydrogen-bond acceptors (Lipinski definition) is 3. The summed E-state index contributed by atoms with van der Waals surface area (Å²) in [5.41, 5.74) is 3.29. The van der Waals surface area contributed by atoms with Crippen LogP contribution in [-0.4, -0.2) is 26.2 Å². The second kappa shape index (κ2) is 6.73. The minimum atomic E-state index is -0.0170. The number of anilines is 1. The van der Waals surface area contributed by atoms with E-state index in [4.69, 9.17) is 9.47 Å². The molecule has 0 aliphatic carbocycles. The summed E-state index contributed by atoms with van der Waals surface area (Å²) in [6, 6.07) is 13.6. The molecule has 1 aliphatic heterocycles. The van der Waals surface area contributed by atoms with E-state index in [1.165, 1.54) is 5.56 Å². The van der Waals surface area contributed by atoms with Gasteiger partial charge in [-0.05, 0) is 55.7 Å². The van der Waals surface area contributed by atoms with Crippen LogP contribution in [0.1, 0.15) is 17.5 Å². The Morgan fingerprint density at radius 2 is 1.87 bits per heavy atom. The van der Waals surface area contributed by atoms with Crippen LogP contribution in [0.25, 0.3) is 0 Å². The van der Waals surface area contributed by atoms with Crippen LogP contribution in [0.4, 0.5) is 5.69 Å². The summed E-state index contributed by atoms with van der Waals surface area (Å²) in [6.45, 7) is 2.80. The van der Waals surface area contributed by atoms with Crippen molar-refractivity contribution in [1.82, 2.24) is 0 Å². The molecule has 1 heterocycles. The first-order valence-corrected chi connectivity index (χ1v) is 7.84. The maximum Gasteiger partial charge on any atom is 0.264 e. The molecule has 1 aliphatic rings. The molecular weight excluding hydrogens is 290 g/mol. The van der Waals surface area contributed by atoms with Crippen LogP contribution in [0.15, 0.2) is 42.5 Å². The number of rotatable bonds is 4. The minimum Gasteiger partial charge on any atom is -0.497 e. The zero-order chi connectivity index (χ0) is 16.2. The lowest BCUT2D eigenvalue weighted by Gasteiger charge is -2.29. The monoisotopic (exact) mass is 311 g/mol. The highest BCUT2D eigenvalue weighted by atomic mass is 16.5. The number of amides is 1. The first-order chi connectivity index (χ1) is 11.2. The van der Waals surface area contributed by atoms with E-state index >= 15 is 0 Å². The van der Waals surface area contributed by atoms with Gasteiger partial charge in [-0.3, -0.25) is 4.79 Å². The third-order valence-electron chi connectivity index (χ3n) is 4.09. The Labute approximate surface area is 136 Å². The maximum atomic E-state index is 12.5. The molecule has 0 saturated carbocycles. The van der Waals surface area contributed by atoms with Crippen LogP contribution in [0.3, 0.4) is 0 Å². The number of aryl methyl sites for hydroxylation is 2. The van der Waals surface area contributed by atoms with Crippen molar-refractivity contribution in [3.05, 3.63) is 53.6 Å². The molecule has 1 amide bonds. The Morgan fingerprint density at radius 1 is 1.13 bits per heavy atom. The van der Waals surface area contributed by atoms with E-state index in [1.807, 2.05) is 54.3 Å². The lowest BCUT2D eigenvalue weighted by atomic mass is 10.0. The minimum absolute atomic E-state index is 0.0170. The highest BCUT2D eigenvalue weighted by Gasteiger charge is 2.23. The van der Waals surface area contributed by atoms with Crippen LogP contribution in [0.2, 0.25) is 0 Å². The summed E-state index contributed by atoms with van der Waals surface area (Å²) in [5, 5.41) is 0. The number of methoxy groups -OCH3 is 1. The maximum absolute atomic E-state index is 12.5. The van der Waals surface area contributed by atoms with Gasteiger partial charge in [-0.15, -0.1) is 0 Å². The molecule has 0 radical (unpaired) electrons. The quantitative estimate of drug-likeness (QED) is 0.869. The molecule has 0 atom stereocenters. The molecule has 0 bridgehead atoms. The zero-order valence-corrected chi connectivity index (χ0v) is 13.5. The lowest BCUT2D eigenvalue weighted by molar-refractivity contribution is -0.120. The summed E-state index contributed by atoms with van der Waals surface area (Å²) in [4.78, 5) is 14.3. The molecule has 0 aromatic heterocycles. The number of carbonyl (C=O) groups excluding carboxylic acids is 1. The molecule has 0 fully saturated rings. The van der Waals surface area contributed by atoms with Crippen LogP contribution in [0, 0.1) is 6.92 Å². The fraction of sp³-hybridized carbons (Fsp3) is 0.316. The Kier molecular flexibility index (Phi) is 4.51. The van der Waals surface area contributed by atoms with Crippen LogP contribution < -0.4 is 14.4 Å². The standard InChI is InChI=1S/C19H21NO3/c1-14-5-7-16(8-6-14)23-13-19(21)20-11-3-4-15-12-17(22-2)9-10-18(15)20/h5-10,12H,3-4,11,13H2,1-2H3. The van der Waals surface area contributed by atoms with Crippen LogP contribution in [-0.2, 0) is 11.2 Å². The van der Waals surface area contributed by atoms with E-state index < -0.39 is 0 Å². The molecule has 0 spiro atoms. The number of nitrogens with zero attached hydrogens (tertiary/aromatic N) is 1. The number of benzene rings is 2. The summed E-state index contributed by atoms with van der Waals surface area (Å²) in [7, 11) is 1.66. The van der Waals surface area contributed by atoms with Crippen molar-refractivity contribution < 1.29 is 14.3 Å². The fourth-order valence-corrected chi connectivity index (χ4v) is 2.82. The topological polar surface area (TPSA) is 38.8 Å². The van der Waals surface area contributed by atoms with E-state index in [0.717, 1.165) is 42.1 Å². The summed E-state index contributed by atoms with van der Waals surface area (Å²) in [6.07, 6.45) is 1.92. The predicted octanol–water partition coefficient (Wildman–Crippen LogP) is 3.36. The van der Waals surface area contributed by atoms with Crippen molar-refractivity contribution in [2.75, 3.05) is 25.2 Å². The smallest absolute Gasteiger partial charge is 0.264 e. The first kappa shape index (κ1) is 15.4. The van der Waals surface area contributed by atoms with Gasteiger partial charge in [0.2, 0.25) is 0 Å². The highest BCUT2D eigenvalue weighted by Crippen LogP contribution is 2.30. The SMILES string of the molecule is COc1ccc2c(c1)CCCN2C(=O)COc1ccc(C)cc1. The van der Waals surface area contributed by atoms with Crippen molar-refractivity contribution in [3.63, 3.8) is 0 Å². The molecular formula is C19H21NO3. The Bertz CT molecular complexity index is 694. The van der Waals surface area contributed by atoms with Gasteiger partial charge in [-0.2, -0.15) is 0 Å². The van der Waals surface area contributed by atoms with Gasteiger partial charge in [-0.1, -0.05) is 17.7 Å². The van der Waals surface area contributed by atoms with E-state index in [0.29, 0.717) is 0 Å². The van der Waals surface area contributed by atoms with E-state index in [1.54, 1.807) is 7.11 Å². The lowest BCUT2D eigenvalue weighted by Crippen LogP contribution is -2.38. The van der Waals surface area contributed by atoms with Gasteiger partial charge in [-0.25, -0.2) is 0 Å². The van der Waals surface area contributed by atoms with Crippen molar-refractivity contribution in [3.8, 4) is 11.5 Å². The van der Waals surface area contributed by atoms with E-state index in [2.05, 4.69) is 0 Å². The number of carbonyl (C=O) groups is 1. The van der Waals surface area contributed by atoms with E-state index in [-0.39, 0.29) is 12.5 Å². The second-order valence-corrected chi connectivity index (χ2v) is 5.75. The van der Waals surface area contributed by atoms with Crippen molar-refractivity contribution in [2.45, 2.75) is 19.8 Å². The average molecular weight is 311 g/mol. The molecule has 0 N–H and O–H groups in total. The normalized spacial score (nSPS) is 13.4. The second-order valence-electron chi connectivity index (χ2n) is 5.75. The molecule has 0 unspecified atom stereocenters. The van der Waals surface area contributed by atoms with Crippen molar-refractivity contribution in [1.29, 1.82) is 0 Å². The van der Waals surface area contributed by atoms with Gasteiger partial charge < -0.3 is 14.4 Å². The summed E-state index contributed by atoms with van der Waals surface area (Å²) in [5.74, 6) is 1.53. The highest BCUT2D eigenvalue weighted by molar-refractivity contribution is 5.95. The van der Waals surface area contributed by atoms with Gasteiger partial charge in [0.25, 0.3) is 5.91 Å². The molecule has 120 valence electrons. The molecule has 23 heavy (non-hydrogen) atoms. The van der Waals surface area contributed by atoms with Gasteiger partial charge in [0.1, 0.15) is 11.5 Å². The van der Waals surface area contributed by atoms with Crippen LogP contribution in [0.5, 0.6) is 11.5 Å². The Morgan fingerprint density at radius 3 is 2.61 bits per heavy atom. The van der Waals surface area contributed by atoms with Gasteiger partial charge >= 0.3 is 0 Å². The third-order valence-corrected chi connectivity index (χ3v) is 4.09. The Balaban J connectivity index is 1.70.